The molecule has 0 spiro atoms. The largest absolute Gasteiger partial charge is 0.446 e. The molecule has 2 atom stereocenters. The number of nitrogens with one attached hydrogen (secondary N) is 2. The second-order valence-corrected chi connectivity index (χ2v) is 11.0. The highest BCUT2D eigenvalue weighted by atomic mass is 32.1. The van der Waals surface area contributed by atoms with Gasteiger partial charge in [0, 0.05) is 50.5 Å². The Morgan fingerprint density at radius 2 is 1.92 bits per heavy atom. The van der Waals surface area contributed by atoms with Gasteiger partial charge in [0.2, 0.25) is 5.95 Å². The van der Waals surface area contributed by atoms with Crippen molar-refractivity contribution >= 4 is 40.4 Å². The van der Waals surface area contributed by atoms with E-state index in [9.17, 15) is 14.0 Å². The minimum absolute atomic E-state index is 0.117. The molecule has 5 rings (SSSR count). The number of nitrogens with zero attached hydrogens (tertiary/aromatic N) is 6. The van der Waals surface area contributed by atoms with Crippen LogP contribution in [0.25, 0.3) is 0 Å². The molecular formula is C24H33FN8O3S. The molecule has 3 amide bonds. The fraction of sp³-hybridized carbons (Fsp3) is 0.625. The van der Waals surface area contributed by atoms with E-state index >= 15 is 0 Å². The SMILES string of the molecule is CN1CCC(OC(=O)Nc2ccnc(N3CC[C@@H](F)[C@@H](N(C)C(=O)Nc4ncc(C5CC5)s4)C3)n2)CC1. The Kier molecular flexibility index (Phi) is 7.70. The van der Waals surface area contributed by atoms with Gasteiger partial charge in [-0.1, -0.05) is 0 Å². The van der Waals surface area contributed by atoms with E-state index in [-0.39, 0.29) is 19.1 Å². The van der Waals surface area contributed by atoms with Crippen molar-refractivity contribution < 1.29 is 18.7 Å². The van der Waals surface area contributed by atoms with Gasteiger partial charge in [-0.2, -0.15) is 4.98 Å². The predicted molar refractivity (Wildman–Crippen MR) is 139 cm³/mol. The highest BCUT2D eigenvalue weighted by Gasteiger charge is 2.36. The molecular weight excluding hydrogens is 499 g/mol. The van der Waals surface area contributed by atoms with Crippen LogP contribution in [0, 0.1) is 0 Å². The van der Waals surface area contributed by atoms with Gasteiger partial charge in [-0.05, 0) is 51.1 Å². The molecule has 0 aromatic carbocycles. The number of carbonyl (C=O) groups excluding carboxylic acids is 2. The number of carbonyl (C=O) groups is 2. The Labute approximate surface area is 219 Å². The maximum absolute atomic E-state index is 14.9. The molecule has 2 aromatic heterocycles. The van der Waals surface area contributed by atoms with Crippen LogP contribution >= 0.6 is 11.3 Å². The lowest BCUT2D eigenvalue weighted by molar-refractivity contribution is 0.0661. The molecule has 1 aliphatic carbocycles. The molecule has 0 unspecified atom stereocenters. The summed E-state index contributed by atoms with van der Waals surface area (Å²) in [5, 5.41) is 6.00. The van der Waals surface area contributed by atoms with Crippen LogP contribution in [0.2, 0.25) is 0 Å². The number of hydrogen-bond acceptors (Lipinski definition) is 9. The van der Waals surface area contributed by atoms with Gasteiger partial charge in [-0.25, -0.2) is 23.9 Å². The van der Waals surface area contributed by atoms with E-state index in [1.54, 1.807) is 25.5 Å². The van der Waals surface area contributed by atoms with Crippen molar-refractivity contribution in [3.05, 3.63) is 23.3 Å². The quantitative estimate of drug-likeness (QED) is 0.581. The van der Waals surface area contributed by atoms with Crippen molar-refractivity contribution in [3.8, 4) is 0 Å². The minimum Gasteiger partial charge on any atom is -0.446 e. The van der Waals surface area contributed by atoms with Gasteiger partial charge < -0.3 is 19.4 Å². The summed E-state index contributed by atoms with van der Waals surface area (Å²) in [5.41, 5.74) is 0. The molecule has 4 heterocycles. The first kappa shape index (κ1) is 25.6. The van der Waals surface area contributed by atoms with Gasteiger partial charge in [0.1, 0.15) is 18.1 Å². The fourth-order valence-corrected chi connectivity index (χ4v) is 5.61. The second-order valence-electron chi connectivity index (χ2n) is 9.98. The number of anilines is 3. The van der Waals surface area contributed by atoms with E-state index in [4.69, 9.17) is 4.74 Å². The topological polar surface area (TPSA) is 116 Å². The van der Waals surface area contributed by atoms with Crippen molar-refractivity contribution in [2.24, 2.45) is 0 Å². The number of thiazole rings is 1. The number of likely N-dealkylation sites (N-methyl/N-ethyl adjacent to an activating group) is 1. The standard InChI is InChI=1S/C24H33FN8O3S/c1-31-10-6-16(7-11-31)36-24(35)29-20-5-9-26-21(28-20)33-12-8-17(25)18(14-33)32(2)23(34)30-22-27-13-19(37-22)15-3-4-15/h5,9,13,15-18H,3-4,6-8,10-12,14H2,1-2H3,(H,27,30,34)(H,26,28,29,35)/t17-,18+/m1/s1. The number of halogens is 1. The number of ether oxygens (including phenoxy) is 1. The highest BCUT2D eigenvalue weighted by molar-refractivity contribution is 7.15. The van der Waals surface area contributed by atoms with Gasteiger partial charge in [-0.3, -0.25) is 10.6 Å². The molecule has 13 heteroatoms. The van der Waals surface area contributed by atoms with E-state index in [1.165, 1.54) is 21.1 Å². The summed E-state index contributed by atoms with van der Waals surface area (Å²) in [6.45, 7) is 2.39. The van der Waals surface area contributed by atoms with Crippen LogP contribution in [-0.2, 0) is 4.74 Å². The molecule has 2 N–H and O–H groups in total. The monoisotopic (exact) mass is 532 g/mol. The van der Waals surface area contributed by atoms with Crippen LogP contribution in [-0.4, -0.2) is 95.5 Å². The summed E-state index contributed by atoms with van der Waals surface area (Å²) in [4.78, 5) is 44.9. The van der Waals surface area contributed by atoms with Crippen LogP contribution in [0.4, 0.5) is 30.9 Å². The number of alkyl halides is 1. The Balaban J connectivity index is 1.17. The van der Waals surface area contributed by atoms with E-state index in [1.807, 2.05) is 11.9 Å². The lowest BCUT2D eigenvalue weighted by atomic mass is 10.0. The number of rotatable bonds is 6. The second kappa shape index (κ2) is 11.1. The molecule has 0 radical (unpaired) electrons. The first-order valence-corrected chi connectivity index (χ1v) is 13.5. The summed E-state index contributed by atoms with van der Waals surface area (Å²) >= 11 is 1.47. The molecule has 2 saturated heterocycles. The Morgan fingerprint density at radius 1 is 1.14 bits per heavy atom. The minimum atomic E-state index is -1.18. The average Bonchev–Trinajstić information content (AvgIpc) is 3.64. The Morgan fingerprint density at radius 3 is 2.68 bits per heavy atom. The fourth-order valence-electron chi connectivity index (χ4n) is 4.64. The van der Waals surface area contributed by atoms with E-state index < -0.39 is 24.3 Å². The number of likely N-dealkylation sites (tertiary alicyclic amines) is 1. The van der Waals surface area contributed by atoms with Gasteiger partial charge in [-0.15, -0.1) is 11.3 Å². The maximum atomic E-state index is 14.9. The van der Waals surface area contributed by atoms with Crippen molar-refractivity contribution in [3.63, 3.8) is 0 Å². The molecule has 11 nitrogen and oxygen atoms in total. The van der Waals surface area contributed by atoms with Crippen molar-refractivity contribution in [1.82, 2.24) is 24.8 Å². The zero-order valence-corrected chi connectivity index (χ0v) is 21.9. The molecule has 2 aromatic rings. The van der Waals surface area contributed by atoms with Gasteiger partial charge in [0.15, 0.2) is 5.13 Å². The average molecular weight is 533 g/mol. The Hall–Kier alpha value is -3.06. The third-order valence-electron chi connectivity index (χ3n) is 7.13. The molecule has 37 heavy (non-hydrogen) atoms. The van der Waals surface area contributed by atoms with Gasteiger partial charge in [0.05, 0.1) is 6.04 Å². The summed E-state index contributed by atoms with van der Waals surface area (Å²) in [7, 11) is 3.63. The lowest BCUT2D eigenvalue weighted by Gasteiger charge is -2.39. The molecule has 3 aliphatic rings. The summed E-state index contributed by atoms with van der Waals surface area (Å²) < 4.78 is 20.5. The third-order valence-corrected chi connectivity index (χ3v) is 8.21. The molecule has 1 saturated carbocycles. The van der Waals surface area contributed by atoms with E-state index in [2.05, 4.69) is 30.5 Å². The summed E-state index contributed by atoms with van der Waals surface area (Å²) in [5.74, 6) is 1.23. The number of hydrogen-bond donors (Lipinski definition) is 2. The van der Waals surface area contributed by atoms with Crippen molar-refractivity contribution in [1.29, 1.82) is 0 Å². The number of amides is 3. The molecule has 2 aliphatic heterocycles. The zero-order valence-electron chi connectivity index (χ0n) is 21.1. The smallest absolute Gasteiger partial charge is 0.413 e. The lowest BCUT2D eigenvalue weighted by Crippen LogP contribution is -2.55. The van der Waals surface area contributed by atoms with Crippen LogP contribution in [0.15, 0.2) is 18.5 Å². The van der Waals surface area contributed by atoms with Crippen LogP contribution in [0.5, 0.6) is 0 Å². The third kappa shape index (κ3) is 6.45. The van der Waals surface area contributed by atoms with Gasteiger partial charge >= 0.3 is 12.1 Å². The molecule has 0 bridgehead atoms. The first-order chi connectivity index (χ1) is 17.9. The maximum Gasteiger partial charge on any atom is 0.413 e. The molecule has 3 fully saturated rings. The number of piperidine rings is 2. The van der Waals surface area contributed by atoms with Crippen LogP contribution in [0.1, 0.15) is 42.9 Å². The normalized spacial score (nSPS) is 22.9. The summed E-state index contributed by atoms with van der Waals surface area (Å²) in [6, 6.07) is 0.493. The first-order valence-electron chi connectivity index (χ1n) is 12.7. The van der Waals surface area contributed by atoms with Gasteiger partial charge in [0.25, 0.3) is 0 Å². The highest BCUT2D eigenvalue weighted by Crippen LogP contribution is 2.43. The predicted octanol–water partition coefficient (Wildman–Crippen LogP) is 3.53. The number of aromatic nitrogens is 3. The van der Waals surface area contributed by atoms with Crippen molar-refractivity contribution in [2.45, 2.75) is 56.3 Å². The van der Waals surface area contributed by atoms with Crippen LogP contribution < -0.4 is 15.5 Å². The van der Waals surface area contributed by atoms with Crippen LogP contribution in [0.3, 0.4) is 0 Å². The number of urea groups is 1. The van der Waals surface area contributed by atoms with E-state index in [0.29, 0.717) is 29.4 Å². The summed E-state index contributed by atoms with van der Waals surface area (Å²) in [6.07, 6.45) is 5.63. The Bertz CT molecular complexity index is 1110. The van der Waals surface area contributed by atoms with E-state index in [0.717, 1.165) is 38.8 Å². The zero-order chi connectivity index (χ0) is 25.9. The van der Waals surface area contributed by atoms with Crippen molar-refractivity contribution in [2.75, 3.05) is 55.8 Å². The molecule has 200 valence electrons.